The maximum absolute atomic E-state index is 13.1. The van der Waals surface area contributed by atoms with Gasteiger partial charge in [-0.25, -0.2) is 13.8 Å². The minimum Gasteiger partial charge on any atom is -0.342 e. The number of hydrogen-bond donors (Lipinski definition) is 2. The molecule has 0 saturated carbocycles. The fourth-order valence-corrected chi connectivity index (χ4v) is 2.29. The molecule has 2 heterocycles. The van der Waals surface area contributed by atoms with Crippen LogP contribution < -0.4 is 5.32 Å². The smallest absolute Gasteiger partial charge is 0.126 e. The van der Waals surface area contributed by atoms with Gasteiger partial charge in [0.05, 0.1) is 11.9 Å². The number of imidazole rings is 1. The average molecular weight is 249 g/mol. The maximum atomic E-state index is 13.1. The van der Waals surface area contributed by atoms with Crippen molar-refractivity contribution in [3.8, 4) is 11.3 Å². The van der Waals surface area contributed by atoms with Gasteiger partial charge in [-0.2, -0.15) is 0 Å². The first-order valence-electron chi connectivity index (χ1n) is 5.94. The van der Waals surface area contributed by atoms with E-state index in [9.17, 15) is 8.78 Å². The molecule has 18 heavy (non-hydrogen) atoms. The Hall–Kier alpha value is -1.75. The molecule has 0 spiro atoms. The van der Waals surface area contributed by atoms with Crippen molar-refractivity contribution >= 4 is 0 Å². The highest BCUT2D eigenvalue weighted by Crippen LogP contribution is 2.24. The van der Waals surface area contributed by atoms with Crippen molar-refractivity contribution in [3.05, 3.63) is 41.9 Å². The van der Waals surface area contributed by atoms with E-state index in [4.69, 9.17) is 0 Å². The third kappa shape index (κ3) is 2.13. The summed E-state index contributed by atoms with van der Waals surface area (Å²) in [5, 5.41) is 3.26. The lowest BCUT2D eigenvalue weighted by Gasteiger charge is -2.03. The summed E-state index contributed by atoms with van der Waals surface area (Å²) < 4.78 is 26.3. The molecule has 2 N–H and O–H groups in total. The highest BCUT2D eigenvalue weighted by atomic mass is 19.1. The molecule has 0 bridgehead atoms. The molecule has 0 radical (unpaired) electrons. The number of aromatic amines is 1. The van der Waals surface area contributed by atoms with Gasteiger partial charge in [0.25, 0.3) is 0 Å². The number of rotatable bonds is 2. The maximum Gasteiger partial charge on any atom is 0.126 e. The Balaban J connectivity index is 1.92. The van der Waals surface area contributed by atoms with Crippen molar-refractivity contribution in [2.24, 2.45) is 0 Å². The van der Waals surface area contributed by atoms with Crippen LogP contribution in [-0.4, -0.2) is 23.1 Å². The van der Waals surface area contributed by atoms with Crippen molar-refractivity contribution in [1.82, 2.24) is 15.3 Å². The number of nitrogens with zero attached hydrogens (tertiary/aromatic N) is 1. The summed E-state index contributed by atoms with van der Waals surface area (Å²) in [6.45, 7) is 1.87. The van der Waals surface area contributed by atoms with Gasteiger partial charge in [0.1, 0.15) is 17.5 Å². The average Bonchev–Trinajstić information content (AvgIpc) is 2.99. The number of benzene rings is 1. The molecule has 1 aromatic heterocycles. The molecule has 5 heteroatoms. The van der Waals surface area contributed by atoms with E-state index in [1.54, 1.807) is 6.20 Å². The predicted molar refractivity (Wildman–Crippen MR) is 64.2 cm³/mol. The zero-order valence-electron chi connectivity index (χ0n) is 9.71. The summed E-state index contributed by atoms with van der Waals surface area (Å²) in [7, 11) is 0. The van der Waals surface area contributed by atoms with Gasteiger partial charge in [0.15, 0.2) is 0 Å². The fourth-order valence-electron chi connectivity index (χ4n) is 2.29. The third-order valence-electron chi connectivity index (χ3n) is 3.22. The van der Waals surface area contributed by atoms with Crippen LogP contribution >= 0.6 is 0 Å². The van der Waals surface area contributed by atoms with Crippen molar-refractivity contribution in [2.75, 3.05) is 13.1 Å². The van der Waals surface area contributed by atoms with E-state index in [1.165, 1.54) is 12.1 Å². The van der Waals surface area contributed by atoms with Gasteiger partial charge in [0.2, 0.25) is 0 Å². The summed E-state index contributed by atoms with van der Waals surface area (Å²) >= 11 is 0. The van der Waals surface area contributed by atoms with Crippen molar-refractivity contribution in [2.45, 2.75) is 12.3 Å². The molecule has 0 aliphatic carbocycles. The van der Waals surface area contributed by atoms with Crippen molar-refractivity contribution < 1.29 is 8.78 Å². The lowest BCUT2D eigenvalue weighted by molar-refractivity contribution is 0.584. The molecule has 1 fully saturated rings. The highest BCUT2D eigenvalue weighted by Gasteiger charge is 2.19. The van der Waals surface area contributed by atoms with Gasteiger partial charge in [-0.05, 0) is 25.1 Å². The van der Waals surface area contributed by atoms with Gasteiger partial charge in [-0.15, -0.1) is 0 Å². The molecule has 1 atom stereocenters. The Kier molecular flexibility index (Phi) is 2.83. The normalized spacial score (nSPS) is 19.3. The molecule has 1 unspecified atom stereocenters. The number of hydrogen-bond acceptors (Lipinski definition) is 2. The summed E-state index contributed by atoms with van der Waals surface area (Å²) in [4.78, 5) is 7.43. The van der Waals surface area contributed by atoms with Crippen LogP contribution in [0.2, 0.25) is 0 Å². The largest absolute Gasteiger partial charge is 0.342 e. The lowest BCUT2D eigenvalue weighted by Crippen LogP contribution is -2.08. The van der Waals surface area contributed by atoms with Crippen LogP contribution in [0.25, 0.3) is 11.3 Å². The van der Waals surface area contributed by atoms with E-state index >= 15 is 0 Å². The van der Waals surface area contributed by atoms with Gasteiger partial charge in [-0.3, -0.25) is 0 Å². The quantitative estimate of drug-likeness (QED) is 0.858. The van der Waals surface area contributed by atoms with E-state index in [-0.39, 0.29) is 0 Å². The summed E-state index contributed by atoms with van der Waals surface area (Å²) in [6.07, 6.45) is 2.66. The number of H-pyrrole nitrogens is 1. The monoisotopic (exact) mass is 249 g/mol. The fraction of sp³-hybridized carbons (Fsp3) is 0.308. The van der Waals surface area contributed by atoms with E-state index in [2.05, 4.69) is 15.3 Å². The zero-order valence-corrected chi connectivity index (χ0v) is 9.71. The van der Waals surface area contributed by atoms with Crippen LogP contribution in [-0.2, 0) is 0 Å². The summed E-state index contributed by atoms with van der Waals surface area (Å²) in [5.41, 5.74) is 1.13. The van der Waals surface area contributed by atoms with E-state index in [1.807, 2.05) is 0 Å². The third-order valence-corrected chi connectivity index (χ3v) is 3.22. The van der Waals surface area contributed by atoms with E-state index in [0.717, 1.165) is 31.4 Å². The first-order valence-corrected chi connectivity index (χ1v) is 5.94. The molecule has 1 aromatic carbocycles. The second-order valence-corrected chi connectivity index (χ2v) is 4.53. The van der Waals surface area contributed by atoms with Crippen molar-refractivity contribution in [1.29, 1.82) is 0 Å². The van der Waals surface area contributed by atoms with Crippen LogP contribution in [0.4, 0.5) is 8.78 Å². The molecule has 1 saturated heterocycles. The predicted octanol–water partition coefficient (Wildman–Crippen LogP) is 2.43. The van der Waals surface area contributed by atoms with Crippen molar-refractivity contribution in [3.63, 3.8) is 0 Å². The van der Waals surface area contributed by atoms with Gasteiger partial charge < -0.3 is 10.3 Å². The van der Waals surface area contributed by atoms with Gasteiger partial charge in [0, 0.05) is 24.1 Å². The molecular weight excluding hydrogens is 236 g/mol. The van der Waals surface area contributed by atoms with Crippen LogP contribution in [0.3, 0.4) is 0 Å². The highest BCUT2D eigenvalue weighted by molar-refractivity contribution is 5.58. The summed E-state index contributed by atoms with van der Waals surface area (Å²) in [5.74, 6) is 0.0733. The Labute approximate surface area is 103 Å². The lowest BCUT2D eigenvalue weighted by atomic mass is 10.1. The topological polar surface area (TPSA) is 40.7 Å². The zero-order chi connectivity index (χ0) is 12.5. The minimum atomic E-state index is -0.580. The second kappa shape index (κ2) is 4.49. The van der Waals surface area contributed by atoms with Crippen LogP contribution in [0.5, 0.6) is 0 Å². The number of nitrogens with one attached hydrogen (secondary N) is 2. The minimum absolute atomic E-state index is 0.358. The van der Waals surface area contributed by atoms with E-state index < -0.39 is 11.6 Å². The number of aromatic nitrogens is 2. The molecule has 1 aliphatic rings. The molecule has 1 aliphatic heterocycles. The van der Waals surface area contributed by atoms with Crippen LogP contribution in [0.15, 0.2) is 24.4 Å². The molecule has 94 valence electrons. The summed E-state index contributed by atoms with van der Waals surface area (Å²) in [6, 6.07) is 3.46. The van der Waals surface area contributed by atoms with Gasteiger partial charge in [-0.1, -0.05) is 0 Å². The Bertz CT molecular complexity index is 539. The Morgan fingerprint density at radius 3 is 2.61 bits per heavy atom. The number of halogens is 2. The van der Waals surface area contributed by atoms with Gasteiger partial charge >= 0.3 is 0 Å². The molecule has 3 rings (SSSR count). The first-order chi connectivity index (χ1) is 8.72. The molecular formula is C13H13F2N3. The van der Waals surface area contributed by atoms with Crippen LogP contribution in [0, 0.1) is 11.6 Å². The molecule has 3 nitrogen and oxygen atoms in total. The SMILES string of the molecule is Fc1cc(F)cc(-c2cnc(C3CCNC3)[nH]2)c1. The molecule has 2 aromatic rings. The second-order valence-electron chi connectivity index (χ2n) is 4.53. The van der Waals surface area contributed by atoms with Crippen LogP contribution in [0.1, 0.15) is 18.2 Å². The standard InChI is InChI=1S/C13H13F2N3/c14-10-3-9(4-11(15)5-10)12-7-17-13(18-12)8-1-2-16-6-8/h3-5,7-8,16H,1-2,6H2,(H,17,18). The first kappa shape index (κ1) is 11.3. The Morgan fingerprint density at radius 1 is 1.17 bits per heavy atom. The molecule has 0 amide bonds. The Morgan fingerprint density at radius 2 is 1.94 bits per heavy atom. The van der Waals surface area contributed by atoms with E-state index in [0.29, 0.717) is 17.2 Å².